The van der Waals surface area contributed by atoms with Crippen LogP contribution in [-0.2, 0) is 0 Å². The maximum absolute atomic E-state index is 14.2. The summed E-state index contributed by atoms with van der Waals surface area (Å²) in [4.78, 5) is 0.840. The van der Waals surface area contributed by atoms with E-state index in [2.05, 4.69) is 5.43 Å². The summed E-state index contributed by atoms with van der Waals surface area (Å²) >= 11 is 7.74. The van der Waals surface area contributed by atoms with Crippen molar-refractivity contribution in [2.24, 2.45) is 5.84 Å². The van der Waals surface area contributed by atoms with Gasteiger partial charge in [0.05, 0.1) is 11.1 Å². The summed E-state index contributed by atoms with van der Waals surface area (Å²) in [6, 6.07) is 3.03. The molecule has 2 rings (SSSR count). The Morgan fingerprint density at radius 3 is 2.42 bits per heavy atom. The summed E-state index contributed by atoms with van der Waals surface area (Å²) in [6.07, 6.45) is 0. The quantitative estimate of drug-likeness (QED) is 0.663. The number of benzene rings is 1. The Balaban J connectivity index is 2.58. The van der Waals surface area contributed by atoms with E-state index in [1.165, 1.54) is 17.4 Å². The average molecular weight is 299 g/mol. The first kappa shape index (κ1) is 14.5. The molecule has 1 aromatic heterocycles. The Morgan fingerprint density at radius 2 is 1.95 bits per heavy atom. The number of nitrogens with one attached hydrogen (secondary N) is 1. The van der Waals surface area contributed by atoms with Crippen LogP contribution in [0.15, 0.2) is 17.5 Å². The Kier molecular flexibility index (Phi) is 4.26. The molecule has 0 saturated carbocycles. The molecular weight excluding hydrogens is 283 g/mol. The van der Waals surface area contributed by atoms with E-state index in [1.807, 2.05) is 32.2 Å². The average Bonchev–Trinajstić information content (AvgIpc) is 2.65. The number of thiophene rings is 1. The molecule has 0 aliphatic rings. The first-order valence-electron chi connectivity index (χ1n) is 5.92. The molecule has 0 spiro atoms. The molecule has 1 atom stereocenters. The van der Waals surface area contributed by atoms with E-state index >= 15 is 0 Å². The topological polar surface area (TPSA) is 38.0 Å². The zero-order valence-corrected chi connectivity index (χ0v) is 12.6. The molecule has 0 radical (unpaired) electrons. The van der Waals surface area contributed by atoms with Gasteiger partial charge in [-0.15, -0.1) is 11.3 Å². The normalized spacial score (nSPS) is 12.7. The Bertz CT molecular complexity index is 586. The van der Waals surface area contributed by atoms with Gasteiger partial charge in [0.25, 0.3) is 0 Å². The molecule has 0 saturated heterocycles. The van der Waals surface area contributed by atoms with Crippen molar-refractivity contribution in [2.45, 2.75) is 26.8 Å². The Hall–Kier alpha value is -0.940. The van der Waals surface area contributed by atoms with Crippen molar-refractivity contribution in [1.29, 1.82) is 0 Å². The number of nitrogens with two attached hydrogens (primary N) is 1. The largest absolute Gasteiger partial charge is 0.271 e. The third-order valence-corrected chi connectivity index (χ3v) is 4.90. The first-order valence-corrected chi connectivity index (χ1v) is 7.17. The van der Waals surface area contributed by atoms with Crippen LogP contribution in [0.3, 0.4) is 0 Å². The van der Waals surface area contributed by atoms with E-state index in [4.69, 9.17) is 17.4 Å². The number of halogens is 2. The molecule has 2 aromatic rings. The highest BCUT2D eigenvalue weighted by molar-refractivity contribution is 7.10. The minimum absolute atomic E-state index is 0.262. The zero-order chi connectivity index (χ0) is 14.2. The van der Waals surface area contributed by atoms with Crippen LogP contribution in [0, 0.1) is 26.6 Å². The molecule has 102 valence electrons. The van der Waals surface area contributed by atoms with E-state index < -0.39 is 6.04 Å². The monoisotopic (exact) mass is 298 g/mol. The lowest BCUT2D eigenvalue weighted by Crippen LogP contribution is -2.29. The van der Waals surface area contributed by atoms with Crippen molar-refractivity contribution < 1.29 is 4.39 Å². The number of aryl methyl sites for hydroxylation is 3. The van der Waals surface area contributed by atoms with Crippen LogP contribution < -0.4 is 11.3 Å². The molecular formula is C14H16ClFN2S. The van der Waals surface area contributed by atoms with Crippen LogP contribution in [0.25, 0.3) is 0 Å². The lowest BCUT2D eigenvalue weighted by Gasteiger charge is -2.19. The standard InChI is InChI=1S/C14H16ClFN2S/c1-7-4-8(2)11(10(16)5-7)13(18-17)14-12(15)9(3)6-19-14/h4-6,13,18H,17H2,1-3H3. The maximum atomic E-state index is 14.2. The van der Waals surface area contributed by atoms with Gasteiger partial charge in [-0.2, -0.15) is 0 Å². The smallest absolute Gasteiger partial charge is 0.128 e. The molecule has 2 nitrogen and oxygen atoms in total. The number of rotatable bonds is 3. The molecule has 5 heteroatoms. The van der Waals surface area contributed by atoms with Gasteiger partial charge in [0.1, 0.15) is 5.82 Å². The molecule has 0 amide bonds. The van der Waals surface area contributed by atoms with Gasteiger partial charge >= 0.3 is 0 Å². The second kappa shape index (κ2) is 5.59. The lowest BCUT2D eigenvalue weighted by atomic mass is 9.97. The summed E-state index contributed by atoms with van der Waals surface area (Å²) in [6.45, 7) is 5.67. The molecule has 1 unspecified atom stereocenters. The van der Waals surface area contributed by atoms with E-state index in [1.54, 1.807) is 0 Å². The van der Waals surface area contributed by atoms with Crippen LogP contribution in [0.2, 0.25) is 5.02 Å². The van der Waals surface area contributed by atoms with Crippen molar-refractivity contribution in [1.82, 2.24) is 5.43 Å². The number of hydrogen-bond acceptors (Lipinski definition) is 3. The van der Waals surface area contributed by atoms with Crippen molar-refractivity contribution in [3.8, 4) is 0 Å². The summed E-state index contributed by atoms with van der Waals surface area (Å²) in [7, 11) is 0. The van der Waals surface area contributed by atoms with E-state index in [0.29, 0.717) is 10.6 Å². The molecule has 0 aliphatic heterocycles. The second-order valence-corrected chi connectivity index (χ2v) is 5.96. The molecule has 3 N–H and O–H groups in total. The van der Waals surface area contributed by atoms with Crippen LogP contribution >= 0.6 is 22.9 Å². The molecule has 1 aromatic carbocycles. The van der Waals surface area contributed by atoms with Gasteiger partial charge in [-0.05, 0) is 48.9 Å². The van der Waals surface area contributed by atoms with Crippen LogP contribution in [-0.4, -0.2) is 0 Å². The van der Waals surface area contributed by atoms with Crippen LogP contribution in [0.5, 0.6) is 0 Å². The first-order chi connectivity index (χ1) is 8.95. The van der Waals surface area contributed by atoms with Gasteiger partial charge in [-0.3, -0.25) is 5.84 Å². The number of hydrazine groups is 1. The minimum atomic E-state index is -0.424. The van der Waals surface area contributed by atoms with Gasteiger partial charge in [0, 0.05) is 10.4 Å². The van der Waals surface area contributed by atoms with Crippen molar-refractivity contribution in [3.63, 3.8) is 0 Å². The summed E-state index contributed by atoms with van der Waals surface area (Å²) in [5.41, 5.74) is 5.96. The summed E-state index contributed by atoms with van der Waals surface area (Å²) in [5.74, 6) is 5.36. The minimum Gasteiger partial charge on any atom is -0.271 e. The van der Waals surface area contributed by atoms with Gasteiger partial charge in [-0.25, -0.2) is 9.82 Å². The molecule has 0 aliphatic carbocycles. The number of hydrogen-bond donors (Lipinski definition) is 2. The molecule has 0 fully saturated rings. The van der Waals surface area contributed by atoms with E-state index in [-0.39, 0.29) is 5.82 Å². The van der Waals surface area contributed by atoms with Gasteiger partial charge in [-0.1, -0.05) is 17.7 Å². The fourth-order valence-corrected chi connectivity index (χ4v) is 3.60. The highest BCUT2D eigenvalue weighted by Gasteiger charge is 2.23. The van der Waals surface area contributed by atoms with Gasteiger partial charge in [0.2, 0.25) is 0 Å². The van der Waals surface area contributed by atoms with Crippen molar-refractivity contribution in [2.75, 3.05) is 0 Å². The molecule has 0 bridgehead atoms. The lowest BCUT2D eigenvalue weighted by molar-refractivity contribution is 0.560. The Labute approximate surface area is 121 Å². The van der Waals surface area contributed by atoms with Crippen molar-refractivity contribution >= 4 is 22.9 Å². The highest BCUT2D eigenvalue weighted by Crippen LogP contribution is 2.37. The predicted octanol–water partition coefficient (Wildman–Crippen LogP) is 4.02. The third-order valence-electron chi connectivity index (χ3n) is 3.12. The second-order valence-electron chi connectivity index (χ2n) is 4.67. The third kappa shape index (κ3) is 2.67. The van der Waals surface area contributed by atoms with Gasteiger partial charge < -0.3 is 0 Å². The molecule has 19 heavy (non-hydrogen) atoms. The highest BCUT2D eigenvalue weighted by atomic mass is 35.5. The summed E-state index contributed by atoms with van der Waals surface area (Å²) < 4.78 is 14.2. The fourth-order valence-electron chi connectivity index (χ4n) is 2.23. The maximum Gasteiger partial charge on any atom is 0.128 e. The fraction of sp³-hybridized carbons (Fsp3) is 0.286. The zero-order valence-electron chi connectivity index (χ0n) is 11.1. The summed E-state index contributed by atoms with van der Waals surface area (Å²) in [5, 5.41) is 2.59. The Morgan fingerprint density at radius 1 is 1.26 bits per heavy atom. The SMILES string of the molecule is Cc1cc(C)c(C(NN)c2scc(C)c2Cl)c(F)c1. The van der Waals surface area contributed by atoms with Gasteiger partial charge in [0.15, 0.2) is 0 Å². The van der Waals surface area contributed by atoms with Crippen molar-refractivity contribution in [3.05, 3.63) is 55.5 Å². The van der Waals surface area contributed by atoms with Crippen LogP contribution in [0.4, 0.5) is 4.39 Å². The molecule has 1 heterocycles. The van der Waals surface area contributed by atoms with Crippen LogP contribution in [0.1, 0.15) is 33.2 Å². The predicted molar refractivity (Wildman–Crippen MR) is 79.1 cm³/mol. The van der Waals surface area contributed by atoms with E-state index in [0.717, 1.165) is 21.6 Å². The van der Waals surface area contributed by atoms with E-state index in [9.17, 15) is 4.39 Å².